The second kappa shape index (κ2) is 3.15. The lowest BCUT2D eigenvalue weighted by Crippen LogP contribution is -2.04. The molecule has 0 aliphatic carbocycles. The molecule has 0 heterocycles. The number of halogens is 3. The SMILES string of the molecule is Oc1ccc2cc(C(F)(F)F)ccc2c1. The molecule has 0 atom stereocenters. The van der Waals surface area contributed by atoms with Gasteiger partial charge in [0.15, 0.2) is 0 Å². The number of hydrogen-bond acceptors (Lipinski definition) is 1. The predicted molar refractivity (Wildman–Crippen MR) is 50.6 cm³/mol. The van der Waals surface area contributed by atoms with Gasteiger partial charge in [0.05, 0.1) is 5.56 Å². The van der Waals surface area contributed by atoms with E-state index in [-0.39, 0.29) is 5.75 Å². The topological polar surface area (TPSA) is 20.2 Å². The fourth-order valence-electron chi connectivity index (χ4n) is 1.41. The van der Waals surface area contributed by atoms with E-state index in [9.17, 15) is 13.2 Å². The van der Waals surface area contributed by atoms with Gasteiger partial charge in [0.1, 0.15) is 5.75 Å². The van der Waals surface area contributed by atoms with Gasteiger partial charge in [0.25, 0.3) is 0 Å². The van der Waals surface area contributed by atoms with E-state index in [4.69, 9.17) is 5.11 Å². The third kappa shape index (κ3) is 1.88. The normalized spacial score (nSPS) is 11.9. The maximum atomic E-state index is 12.3. The fourth-order valence-corrected chi connectivity index (χ4v) is 1.41. The summed E-state index contributed by atoms with van der Waals surface area (Å²) in [6.07, 6.45) is -4.33. The summed E-state index contributed by atoms with van der Waals surface area (Å²) in [5, 5.41) is 10.2. The molecule has 0 aliphatic rings. The summed E-state index contributed by atoms with van der Waals surface area (Å²) in [7, 11) is 0. The van der Waals surface area contributed by atoms with Gasteiger partial charge in [-0.15, -0.1) is 0 Å². The van der Waals surface area contributed by atoms with Gasteiger partial charge in [0, 0.05) is 0 Å². The minimum Gasteiger partial charge on any atom is -0.508 e. The van der Waals surface area contributed by atoms with E-state index in [2.05, 4.69) is 0 Å². The first-order valence-corrected chi connectivity index (χ1v) is 4.27. The minimum atomic E-state index is -4.33. The van der Waals surface area contributed by atoms with Crippen LogP contribution in [-0.2, 0) is 6.18 Å². The van der Waals surface area contributed by atoms with Crippen molar-refractivity contribution in [3.8, 4) is 5.75 Å². The van der Waals surface area contributed by atoms with Crippen LogP contribution in [0, 0.1) is 0 Å². The van der Waals surface area contributed by atoms with Crippen LogP contribution < -0.4 is 0 Å². The first kappa shape index (κ1) is 9.83. The smallest absolute Gasteiger partial charge is 0.416 e. The van der Waals surface area contributed by atoms with Gasteiger partial charge in [0.2, 0.25) is 0 Å². The number of aromatic hydroxyl groups is 1. The van der Waals surface area contributed by atoms with Crippen molar-refractivity contribution >= 4 is 10.8 Å². The molecule has 2 rings (SSSR count). The van der Waals surface area contributed by atoms with E-state index in [1.54, 1.807) is 0 Å². The summed E-state index contributed by atoms with van der Waals surface area (Å²) in [5.41, 5.74) is -0.680. The molecular formula is C11H7F3O. The highest BCUT2D eigenvalue weighted by Crippen LogP contribution is 2.32. The molecule has 0 saturated heterocycles. The Kier molecular flexibility index (Phi) is 2.07. The van der Waals surface area contributed by atoms with Crippen molar-refractivity contribution in [2.75, 3.05) is 0 Å². The molecule has 0 saturated carbocycles. The Morgan fingerprint density at radius 3 is 2.13 bits per heavy atom. The van der Waals surface area contributed by atoms with Gasteiger partial charge in [-0.05, 0) is 35.0 Å². The Hall–Kier alpha value is -1.71. The van der Waals surface area contributed by atoms with Gasteiger partial charge in [-0.25, -0.2) is 0 Å². The zero-order chi connectivity index (χ0) is 11.1. The summed E-state index contributed by atoms with van der Waals surface area (Å²) in [6, 6.07) is 7.66. The van der Waals surface area contributed by atoms with Crippen LogP contribution in [0.15, 0.2) is 36.4 Å². The summed E-state index contributed by atoms with van der Waals surface area (Å²) >= 11 is 0. The molecule has 15 heavy (non-hydrogen) atoms. The molecule has 0 fully saturated rings. The second-order valence-electron chi connectivity index (χ2n) is 3.24. The van der Waals surface area contributed by atoms with E-state index in [0.717, 1.165) is 12.1 Å². The molecule has 1 N–H and O–H groups in total. The summed E-state index contributed by atoms with van der Waals surface area (Å²) in [5.74, 6) is 0.0438. The van der Waals surface area contributed by atoms with Crippen molar-refractivity contribution in [3.63, 3.8) is 0 Å². The number of hydrogen-bond donors (Lipinski definition) is 1. The number of alkyl halides is 3. The fraction of sp³-hybridized carbons (Fsp3) is 0.0909. The van der Waals surface area contributed by atoms with Crippen LogP contribution in [0.2, 0.25) is 0 Å². The average molecular weight is 212 g/mol. The van der Waals surface area contributed by atoms with Crippen molar-refractivity contribution < 1.29 is 18.3 Å². The maximum absolute atomic E-state index is 12.3. The maximum Gasteiger partial charge on any atom is 0.416 e. The van der Waals surface area contributed by atoms with Gasteiger partial charge in [-0.1, -0.05) is 12.1 Å². The van der Waals surface area contributed by atoms with Crippen LogP contribution in [0.4, 0.5) is 13.2 Å². The lowest BCUT2D eigenvalue weighted by atomic mass is 10.1. The Bertz CT molecular complexity index is 503. The van der Waals surface area contributed by atoms with Crippen molar-refractivity contribution in [2.45, 2.75) is 6.18 Å². The molecule has 2 aromatic carbocycles. The molecular weight excluding hydrogens is 205 g/mol. The molecule has 0 unspecified atom stereocenters. The second-order valence-corrected chi connectivity index (χ2v) is 3.24. The third-order valence-electron chi connectivity index (χ3n) is 2.15. The molecule has 1 nitrogen and oxygen atoms in total. The van der Waals surface area contributed by atoms with Crippen LogP contribution in [0.25, 0.3) is 10.8 Å². The van der Waals surface area contributed by atoms with Crippen LogP contribution in [-0.4, -0.2) is 5.11 Å². The Balaban J connectivity index is 2.62. The first-order chi connectivity index (χ1) is 6.97. The van der Waals surface area contributed by atoms with Gasteiger partial charge in [-0.3, -0.25) is 0 Å². The van der Waals surface area contributed by atoms with Crippen LogP contribution in [0.1, 0.15) is 5.56 Å². The van der Waals surface area contributed by atoms with Crippen molar-refractivity contribution in [1.29, 1.82) is 0 Å². The largest absolute Gasteiger partial charge is 0.508 e. The Morgan fingerprint density at radius 2 is 1.47 bits per heavy atom. The molecule has 0 aromatic heterocycles. The Labute approximate surface area is 83.8 Å². The highest BCUT2D eigenvalue weighted by molar-refractivity contribution is 5.84. The molecule has 0 radical (unpaired) electrons. The highest BCUT2D eigenvalue weighted by atomic mass is 19.4. The molecule has 0 amide bonds. The summed E-state index contributed by atoms with van der Waals surface area (Å²) in [6.45, 7) is 0. The Morgan fingerprint density at radius 1 is 0.867 bits per heavy atom. The van der Waals surface area contributed by atoms with Crippen LogP contribution >= 0.6 is 0 Å². The lowest BCUT2D eigenvalue weighted by Gasteiger charge is -2.07. The van der Waals surface area contributed by atoms with Crippen molar-refractivity contribution in [2.24, 2.45) is 0 Å². The van der Waals surface area contributed by atoms with Gasteiger partial charge >= 0.3 is 6.18 Å². The van der Waals surface area contributed by atoms with E-state index in [0.29, 0.717) is 10.8 Å². The van der Waals surface area contributed by atoms with E-state index in [1.165, 1.54) is 24.3 Å². The third-order valence-corrected chi connectivity index (χ3v) is 2.15. The highest BCUT2D eigenvalue weighted by Gasteiger charge is 2.30. The van der Waals surface area contributed by atoms with Crippen molar-refractivity contribution in [3.05, 3.63) is 42.0 Å². The van der Waals surface area contributed by atoms with E-state index >= 15 is 0 Å². The quantitative estimate of drug-likeness (QED) is 0.707. The van der Waals surface area contributed by atoms with E-state index < -0.39 is 11.7 Å². The van der Waals surface area contributed by atoms with Gasteiger partial charge < -0.3 is 5.11 Å². The number of phenolic OH excluding ortho intramolecular Hbond substituents is 1. The first-order valence-electron chi connectivity index (χ1n) is 4.27. The molecule has 0 spiro atoms. The number of phenols is 1. The van der Waals surface area contributed by atoms with Crippen LogP contribution in [0.5, 0.6) is 5.75 Å². The van der Waals surface area contributed by atoms with Gasteiger partial charge in [-0.2, -0.15) is 13.2 Å². The molecule has 4 heteroatoms. The summed E-state index contributed by atoms with van der Waals surface area (Å²) in [4.78, 5) is 0. The monoisotopic (exact) mass is 212 g/mol. The summed E-state index contributed by atoms with van der Waals surface area (Å²) < 4.78 is 37.0. The molecule has 0 bridgehead atoms. The number of fused-ring (bicyclic) bond motifs is 1. The lowest BCUT2D eigenvalue weighted by molar-refractivity contribution is -0.137. The predicted octanol–water partition coefficient (Wildman–Crippen LogP) is 3.56. The molecule has 78 valence electrons. The minimum absolute atomic E-state index is 0.0438. The zero-order valence-electron chi connectivity index (χ0n) is 7.55. The molecule has 2 aromatic rings. The average Bonchev–Trinajstić information content (AvgIpc) is 2.15. The number of rotatable bonds is 0. The number of benzene rings is 2. The standard InChI is InChI=1S/C11H7F3O/c12-11(13,14)9-3-1-8-6-10(15)4-2-7(8)5-9/h1-6,15H. The zero-order valence-corrected chi connectivity index (χ0v) is 7.55. The molecule has 0 aliphatic heterocycles. The van der Waals surface area contributed by atoms with Crippen molar-refractivity contribution in [1.82, 2.24) is 0 Å². The van der Waals surface area contributed by atoms with Crippen LogP contribution in [0.3, 0.4) is 0 Å². The van der Waals surface area contributed by atoms with E-state index in [1.807, 2.05) is 0 Å².